The van der Waals surface area contributed by atoms with E-state index in [1.807, 2.05) is 19.1 Å². The summed E-state index contributed by atoms with van der Waals surface area (Å²) in [7, 11) is 2.20. The molecule has 1 fully saturated rings. The van der Waals surface area contributed by atoms with E-state index in [2.05, 4.69) is 23.0 Å². The van der Waals surface area contributed by atoms with Gasteiger partial charge in [0.1, 0.15) is 11.1 Å². The lowest BCUT2D eigenvalue weighted by atomic mass is 10.2. The number of hydrogen-bond acceptors (Lipinski definition) is 4. The molecule has 1 atom stereocenters. The van der Waals surface area contributed by atoms with Crippen LogP contribution in [0.3, 0.4) is 0 Å². The smallest absolute Gasteiger partial charge is 0.114 e. The minimum absolute atomic E-state index is 0.699. The summed E-state index contributed by atoms with van der Waals surface area (Å²) in [5, 5.41) is 9.94. The van der Waals surface area contributed by atoms with Gasteiger partial charge >= 0.3 is 0 Å². The molecule has 0 aliphatic carbocycles. The fourth-order valence-corrected chi connectivity index (χ4v) is 3.42. The molecule has 1 saturated heterocycles. The second kappa shape index (κ2) is 6.21. The first-order valence-electron chi connectivity index (χ1n) is 6.41. The maximum atomic E-state index is 9.05. The van der Waals surface area contributed by atoms with Gasteiger partial charge in [-0.2, -0.15) is 5.26 Å². The van der Waals surface area contributed by atoms with Crippen LogP contribution in [0.4, 0.5) is 0 Å². The number of likely N-dealkylation sites (tertiary alicyclic amines) is 1. The molecule has 0 aromatic carbocycles. The maximum Gasteiger partial charge on any atom is 0.114 e. The zero-order chi connectivity index (χ0) is 13.0. The van der Waals surface area contributed by atoms with Crippen molar-refractivity contribution in [3.05, 3.63) is 23.4 Å². The summed E-state index contributed by atoms with van der Waals surface area (Å²) >= 11 is 1.71. The van der Waals surface area contributed by atoms with Crippen molar-refractivity contribution >= 4 is 11.8 Å². The van der Waals surface area contributed by atoms with Crippen molar-refractivity contribution in [2.45, 2.75) is 37.3 Å². The molecule has 1 aromatic rings. The molecule has 3 nitrogen and oxygen atoms in total. The van der Waals surface area contributed by atoms with Crippen molar-refractivity contribution in [3.63, 3.8) is 0 Å². The Balaban J connectivity index is 1.90. The monoisotopic (exact) mass is 261 g/mol. The maximum absolute atomic E-state index is 9.05. The summed E-state index contributed by atoms with van der Waals surface area (Å²) in [6, 6.07) is 6.70. The molecule has 18 heavy (non-hydrogen) atoms. The van der Waals surface area contributed by atoms with Crippen LogP contribution in [0.15, 0.2) is 17.2 Å². The van der Waals surface area contributed by atoms with E-state index in [0.29, 0.717) is 11.6 Å². The Labute approximate surface area is 113 Å². The van der Waals surface area contributed by atoms with Crippen LogP contribution in [0.2, 0.25) is 0 Å². The molecule has 96 valence electrons. The number of thioether (sulfide) groups is 1. The van der Waals surface area contributed by atoms with E-state index in [9.17, 15) is 0 Å². The fraction of sp³-hybridized carbons (Fsp3) is 0.571. The highest BCUT2D eigenvalue weighted by atomic mass is 32.2. The van der Waals surface area contributed by atoms with Gasteiger partial charge in [-0.15, -0.1) is 11.8 Å². The molecule has 0 N–H and O–H groups in total. The zero-order valence-corrected chi connectivity index (χ0v) is 11.8. The van der Waals surface area contributed by atoms with Crippen LogP contribution in [0.1, 0.15) is 30.5 Å². The lowest BCUT2D eigenvalue weighted by molar-refractivity contribution is 0.305. The Bertz CT molecular complexity index is 453. The van der Waals surface area contributed by atoms with Crippen molar-refractivity contribution in [2.75, 3.05) is 19.3 Å². The van der Waals surface area contributed by atoms with Crippen molar-refractivity contribution in [2.24, 2.45) is 0 Å². The molecule has 0 bridgehead atoms. The van der Waals surface area contributed by atoms with Gasteiger partial charge in [0.15, 0.2) is 0 Å². The molecule has 1 aromatic heterocycles. The highest BCUT2D eigenvalue weighted by Crippen LogP contribution is 2.25. The third-order valence-electron chi connectivity index (χ3n) is 3.48. The van der Waals surface area contributed by atoms with E-state index >= 15 is 0 Å². The van der Waals surface area contributed by atoms with Crippen molar-refractivity contribution in [1.29, 1.82) is 5.26 Å². The molecule has 0 spiro atoms. The van der Waals surface area contributed by atoms with Gasteiger partial charge in [0.25, 0.3) is 0 Å². The van der Waals surface area contributed by atoms with Crippen LogP contribution in [0.25, 0.3) is 0 Å². The Hall–Kier alpha value is -1.05. The predicted octanol–water partition coefficient (Wildman–Crippen LogP) is 2.84. The average Bonchev–Trinajstić information content (AvgIpc) is 2.76. The van der Waals surface area contributed by atoms with Crippen molar-refractivity contribution in [3.8, 4) is 6.07 Å². The summed E-state index contributed by atoms with van der Waals surface area (Å²) < 4.78 is 0. The summed E-state index contributed by atoms with van der Waals surface area (Å²) in [6.45, 7) is 3.19. The van der Waals surface area contributed by atoms with Gasteiger partial charge in [-0.1, -0.05) is 0 Å². The van der Waals surface area contributed by atoms with Crippen LogP contribution < -0.4 is 0 Å². The molecule has 2 heterocycles. The molecule has 0 amide bonds. The average molecular weight is 261 g/mol. The quantitative estimate of drug-likeness (QED) is 0.781. The molecule has 1 unspecified atom stereocenters. The van der Waals surface area contributed by atoms with Gasteiger partial charge < -0.3 is 4.90 Å². The number of aryl methyl sites for hydroxylation is 1. The summed E-state index contributed by atoms with van der Waals surface area (Å²) in [6.07, 6.45) is 3.81. The number of hydrogen-bond donors (Lipinski definition) is 0. The van der Waals surface area contributed by atoms with Crippen LogP contribution >= 0.6 is 11.8 Å². The Kier molecular flexibility index (Phi) is 4.62. The zero-order valence-electron chi connectivity index (χ0n) is 11.0. The van der Waals surface area contributed by atoms with E-state index in [-0.39, 0.29) is 0 Å². The number of nitrogens with zero attached hydrogens (tertiary/aromatic N) is 3. The van der Waals surface area contributed by atoms with Crippen LogP contribution in [-0.2, 0) is 0 Å². The van der Waals surface area contributed by atoms with Gasteiger partial charge in [0.2, 0.25) is 0 Å². The lowest BCUT2D eigenvalue weighted by Crippen LogP contribution is -2.25. The van der Waals surface area contributed by atoms with E-state index in [1.54, 1.807) is 11.8 Å². The first-order valence-corrected chi connectivity index (χ1v) is 7.40. The van der Waals surface area contributed by atoms with Crippen molar-refractivity contribution < 1.29 is 0 Å². The largest absolute Gasteiger partial charge is 0.303 e. The minimum Gasteiger partial charge on any atom is -0.303 e. The Morgan fingerprint density at radius 3 is 3.06 bits per heavy atom. The highest BCUT2D eigenvalue weighted by molar-refractivity contribution is 7.99. The van der Waals surface area contributed by atoms with Gasteiger partial charge in [0.05, 0.1) is 5.56 Å². The molecular weight excluding hydrogens is 242 g/mol. The topological polar surface area (TPSA) is 39.9 Å². The molecule has 0 saturated carbocycles. The van der Waals surface area contributed by atoms with E-state index in [1.165, 1.54) is 25.8 Å². The normalized spacial score (nSPS) is 19.9. The van der Waals surface area contributed by atoms with E-state index in [4.69, 9.17) is 5.26 Å². The SMILES string of the molecule is Cc1ccc(C#N)c(SCCC2CCCN2C)n1. The third-order valence-corrected chi connectivity index (χ3v) is 4.51. The van der Waals surface area contributed by atoms with E-state index in [0.717, 1.165) is 16.5 Å². The second-order valence-electron chi connectivity index (χ2n) is 4.83. The van der Waals surface area contributed by atoms with Gasteiger partial charge in [0, 0.05) is 17.5 Å². The van der Waals surface area contributed by atoms with Crippen LogP contribution in [0, 0.1) is 18.3 Å². The second-order valence-corrected chi connectivity index (χ2v) is 5.91. The first-order chi connectivity index (χ1) is 8.70. The fourth-order valence-electron chi connectivity index (χ4n) is 2.36. The van der Waals surface area contributed by atoms with Crippen LogP contribution in [-0.4, -0.2) is 35.3 Å². The minimum atomic E-state index is 0.699. The number of pyridine rings is 1. The lowest BCUT2D eigenvalue weighted by Gasteiger charge is -2.18. The number of rotatable bonds is 4. The number of nitriles is 1. The predicted molar refractivity (Wildman–Crippen MR) is 74.7 cm³/mol. The molecular formula is C14H19N3S. The van der Waals surface area contributed by atoms with E-state index < -0.39 is 0 Å². The summed E-state index contributed by atoms with van der Waals surface area (Å²) in [5.41, 5.74) is 1.68. The highest BCUT2D eigenvalue weighted by Gasteiger charge is 2.20. The molecule has 0 radical (unpaired) electrons. The number of aromatic nitrogens is 1. The van der Waals surface area contributed by atoms with Crippen molar-refractivity contribution in [1.82, 2.24) is 9.88 Å². The summed E-state index contributed by atoms with van der Waals surface area (Å²) in [5.74, 6) is 1.04. The Morgan fingerprint density at radius 2 is 2.39 bits per heavy atom. The molecule has 1 aliphatic rings. The third kappa shape index (κ3) is 3.24. The Morgan fingerprint density at radius 1 is 1.56 bits per heavy atom. The van der Waals surface area contributed by atoms with Gasteiger partial charge in [-0.05, 0) is 51.9 Å². The van der Waals surface area contributed by atoms with Crippen LogP contribution in [0.5, 0.6) is 0 Å². The van der Waals surface area contributed by atoms with Gasteiger partial charge in [-0.3, -0.25) is 0 Å². The standard InChI is InChI=1S/C14H19N3S/c1-11-5-6-12(10-15)14(16-11)18-9-7-13-4-3-8-17(13)2/h5-6,13H,3-4,7-9H2,1-2H3. The van der Waals surface area contributed by atoms with Gasteiger partial charge in [-0.25, -0.2) is 4.98 Å². The molecule has 4 heteroatoms. The summed E-state index contributed by atoms with van der Waals surface area (Å²) in [4.78, 5) is 6.89. The first kappa shape index (κ1) is 13.4. The molecule has 2 rings (SSSR count). The molecule has 1 aliphatic heterocycles.